The van der Waals surface area contributed by atoms with Crippen LogP contribution in [0.25, 0.3) is 0 Å². The van der Waals surface area contributed by atoms with Gasteiger partial charge in [0.05, 0.1) is 0 Å². The maximum Gasteiger partial charge on any atom is -0.00293 e. The lowest BCUT2D eigenvalue weighted by Gasteiger charge is -2.12. The van der Waals surface area contributed by atoms with Gasteiger partial charge in [0.1, 0.15) is 0 Å². The first-order valence-electron chi connectivity index (χ1n) is 7.54. The minimum Gasteiger partial charge on any atom is -0.126 e. The average molecular weight is 246 g/mol. The summed E-state index contributed by atoms with van der Waals surface area (Å²) < 4.78 is 0. The van der Waals surface area contributed by atoms with Gasteiger partial charge in [-0.1, -0.05) is 52.7 Å². The molecule has 1 fully saturated rings. The van der Waals surface area contributed by atoms with Crippen molar-refractivity contribution in [1.29, 1.82) is 0 Å². The minimum atomic E-state index is 0.514. The number of allylic oxidation sites excluding steroid dienone is 3. The molecule has 1 saturated carbocycles. The molecule has 0 bridgehead atoms. The summed E-state index contributed by atoms with van der Waals surface area (Å²) in [4.78, 5) is 0. The summed E-state index contributed by atoms with van der Waals surface area (Å²) in [5.74, 6) is 1.47. The summed E-state index contributed by atoms with van der Waals surface area (Å²) in [6, 6.07) is 0. The van der Waals surface area contributed by atoms with Crippen LogP contribution < -0.4 is 0 Å². The largest absolute Gasteiger partial charge is 0.126 e. The first-order chi connectivity index (χ1) is 8.44. The van der Waals surface area contributed by atoms with Crippen molar-refractivity contribution in [3.05, 3.63) is 29.0 Å². The van der Waals surface area contributed by atoms with Crippen LogP contribution in [0.1, 0.15) is 67.2 Å². The second-order valence-electron chi connectivity index (χ2n) is 6.44. The average Bonchev–Trinajstić information content (AvgIpc) is 2.96. The summed E-state index contributed by atoms with van der Waals surface area (Å²) in [5, 5.41) is 0. The van der Waals surface area contributed by atoms with E-state index >= 15 is 0 Å². The second kappa shape index (κ2) is 6.43. The maximum atomic E-state index is 3.51. The topological polar surface area (TPSA) is 0 Å². The molecule has 0 heterocycles. The molecule has 0 amide bonds. The molecule has 1 aliphatic carbocycles. The van der Waals surface area contributed by atoms with E-state index < -0.39 is 0 Å². The highest BCUT2D eigenvalue weighted by molar-refractivity contribution is 5.25. The third-order valence-corrected chi connectivity index (χ3v) is 4.30. The van der Waals surface area contributed by atoms with Crippen LogP contribution in [0.5, 0.6) is 0 Å². The van der Waals surface area contributed by atoms with E-state index in [1.54, 1.807) is 5.57 Å². The van der Waals surface area contributed by atoms with Gasteiger partial charge in [0.15, 0.2) is 0 Å². The van der Waals surface area contributed by atoms with E-state index in [4.69, 9.17) is 0 Å². The van der Waals surface area contributed by atoms with E-state index in [1.807, 2.05) is 0 Å². The molecule has 1 rings (SSSR count). The molecule has 0 aromatic heterocycles. The van der Waals surface area contributed by atoms with Crippen LogP contribution in [0.15, 0.2) is 29.0 Å². The predicted molar refractivity (Wildman–Crippen MR) is 81.6 cm³/mol. The van der Waals surface area contributed by atoms with Crippen molar-refractivity contribution in [2.24, 2.45) is 17.3 Å². The van der Waals surface area contributed by atoms with Crippen molar-refractivity contribution in [2.45, 2.75) is 67.2 Å². The molecule has 0 aromatic rings. The maximum absolute atomic E-state index is 3.51. The smallest absolute Gasteiger partial charge is 0.00293 e. The quantitative estimate of drug-likeness (QED) is 0.404. The number of rotatable bonds is 6. The monoisotopic (exact) mass is 246 g/mol. The Morgan fingerprint density at radius 2 is 2.00 bits per heavy atom. The molecule has 0 aliphatic heterocycles. The summed E-state index contributed by atoms with van der Waals surface area (Å²) in [6.07, 6.45) is 9.45. The molecule has 0 spiro atoms. The van der Waals surface area contributed by atoms with Gasteiger partial charge in [0.2, 0.25) is 0 Å². The Bertz CT molecular complexity index is 361. The van der Waals surface area contributed by atoms with Gasteiger partial charge in [-0.25, -0.2) is 0 Å². The third-order valence-electron chi connectivity index (χ3n) is 4.30. The number of hydrogen-bond donors (Lipinski definition) is 0. The summed E-state index contributed by atoms with van der Waals surface area (Å²) in [6.45, 7) is 13.7. The Balaban J connectivity index is 2.79. The summed E-state index contributed by atoms with van der Waals surface area (Å²) in [7, 11) is 0. The lowest BCUT2D eigenvalue weighted by molar-refractivity contribution is 0.590. The molecule has 0 aromatic carbocycles. The van der Waals surface area contributed by atoms with Gasteiger partial charge in [0.25, 0.3) is 0 Å². The SMILES string of the molecule is CC=C=C(CC(=CC(C)CC)CC)C1CC1(C)C. The standard InChI is InChI=1S/C18H30/c1-7-10-16(17-13-18(17,5)6)12-15(9-3)11-14(4)8-2/h7,11,14,17H,8-9,12-13H2,1-6H3. The zero-order valence-electron chi connectivity index (χ0n) is 13.1. The highest BCUT2D eigenvalue weighted by Crippen LogP contribution is 2.56. The van der Waals surface area contributed by atoms with Crippen molar-refractivity contribution in [1.82, 2.24) is 0 Å². The van der Waals surface area contributed by atoms with Crippen molar-refractivity contribution in [2.75, 3.05) is 0 Å². The van der Waals surface area contributed by atoms with E-state index in [1.165, 1.54) is 24.8 Å². The highest BCUT2D eigenvalue weighted by Gasteiger charge is 2.47. The number of hydrogen-bond acceptors (Lipinski definition) is 0. The highest BCUT2D eigenvalue weighted by atomic mass is 14.5. The Morgan fingerprint density at radius 3 is 2.39 bits per heavy atom. The van der Waals surface area contributed by atoms with Gasteiger partial charge >= 0.3 is 0 Å². The van der Waals surface area contributed by atoms with Crippen LogP contribution in [0.4, 0.5) is 0 Å². The van der Waals surface area contributed by atoms with E-state index in [9.17, 15) is 0 Å². The zero-order valence-corrected chi connectivity index (χ0v) is 13.1. The molecule has 0 nitrogen and oxygen atoms in total. The summed E-state index contributed by atoms with van der Waals surface area (Å²) >= 11 is 0. The Kier molecular flexibility index (Phi) is 5.47. The molecule has 1 aliphatic rings. The van der Waals surface area contributed by atoms with Crippen LogP contribution in [0, 0.1) is 17.3 Å². The van der Waals surface area contributed by atoms with Crippen molar-refractivity contribution >= 4 is 0 Å². The van der Waals surface area contributed by atoms with Gasteiger partial charge in [-0.05, 0) is 55.1 Å². The van der Waals surface area contributed by atoms with Crippen molar-refractivity contribution in [3.8, 4) is 0 Å². The molecular weight excluding hydrogens is 216 g/mol. The van der Waals surface area contributed by atoms with Crippen LogP contribution in [0.2, 0.25) is 0 Å². The first kappa shape index (κ1) is 15.3. The van der Waals surface area contributed by atoms with E-state index in [2.05, 4.69) is 59.4 Å². The van der Waals surface area contributed by atoms with Gasteiger partial charge in [0, 0.05) is 0 Å². The van der Waals surface area contributed by atoms with Crippen molar-refractivity contribution < 1.29 is 0 Å². The fourth-order valence-corrected chi connectivity index (χ4v) is 2.59. The van der Waals surface area contributed by atoms with E-state index in [0.717, 1.165) is 12.3 Å². The van der Waals surface area contributed by atoms with Gasteiger partial charge in [-0.15, -0.1) is 5.73 Å². The Hall–Kier alpha value is -0.740. The minimum absolute atomic E-state index is 0.514. The molecule has 2 unspecified atom stereocenters. The third kappa shape index (κ3) is 4.18. The van der Waals surface area contributed by atoms with Crippen LogP contribution >= 0.6 is 0 Å². The van der Waals surface area contributed by atoms with Crippen LogP contribution in [-0.2, 0) is 0 Å². The molecule has 2 atom stereocenters. The predicted octanol–water partition coefficient (Wildman–Crippen LogP) is 5.91. The molecule has 0 radical (unpaired) electrons. The molecule has 0 saturated heterocycles. The van der Waals surface area contributed by atoms with Gasteiger partial charge in [-0.2, -0.15) is 0 Å². The first-order valence-corrected chi connectivity index (χ1v) is 7.54. The second-order valence-corrected chi connectivity index (χ2v) is 6.44. The van der Waals surface area contributed by atoms with E-state index in [0.29, 0.717) is 11.3 Å². The van der Waals surface area contributed by atoms with E-state index in [-0.39, 0.29) is 0 Å². The molecular formula is C18H30. The van der Waals surface area contributed by atoms with Crippen LogP contribution in [-0.4, -0.2) is 0 Å². The lowest BCUT2D eigenvalue weighted by atomic mass is 9.93. The lowest BCUT2D eigenvalue weighted by Crippen LogP contribution is -1.98. The fourth-order valence-electron chi connectivity index (χ4n) is 2.59. The Morgan fingerprint density at radius 1 is 1.39 bits per heavy atom. The zero-order chi connectivity index (χ0) is 13.8. The van der Waals surface area contributed by atoms with Gasteiger partial charge < -0.3 is 0 Å². The Labute approximate surface area is 114 Å². The summed E-state index contributed by atoms with van der Waals surface area (Å²) in [5.41, 5.74) is 7.14. The molecule has 18 heavy (non-hydrogen) atoms. The fraction of sp³-hybridized carbons (Fsp3) is 0.722. The normalized spacial score (nSPS) is 23.2. The van der Waals surface area contributed by atoms with Gasteiger partial charge in [-0.3, -0.25) is 0 Å². The molecule has 0 N–H and O–H groups in total. The van der Waals surface area contributed by atoms with Crippen molar-refractivity contribution in [3.63, 3.8) is 0 Å². The molecule has 0 heteroatoms. The van der Waals surface area contributed by atoms with Crippen LogP contribution in [0.3, 0.4) is 0 Å². The molecule has 102 valence electrons.